The highest BCUT2D eigenvalue weighted by atomic mass is 16.5. The second kappa shape index (κ2) is 8.66. The van der Waals surface area contributed by atoms with Crippen molar-refractivity contribution in [1.29, 1.82) is 0 Å². The molecule has 0 aliphatic carbocycles. The number of hydrogen-bond donors (Lipinski definition) is 2. The van der Waals surface area contributed by atoms with Crippen LogP contribution in [0.3, 0.4) is 0 Å². The molecule has 3 N–H and O–H groups in total. The Balaban J connectivity index is 2.25. The minimum Gasteiger partial charge on any atom is -0.383 e. The molecule has 0 aliphatic rings. The number of aromatic nitrogens is 2. The van der Waals surface area contributed by atoms with E-state index in [9.17, 15) is 0 Å². The molecule has 6 heteroatoms. The summed E-state index contributed by atoms with van der Waals surface area (Å²) in [6.07, 6.45) is 3.21. The summed E-state index contributed by atoms with van der Waals surface area (Å²) in [4.78, 5) is 8.17. The van der Waals surface area contributed by atoms with Gasteiger partial charge in [-0.05, 0) is 12.8 Å². The molecule has 1 heterocycles. The fourth-order valence-electron chi connectivity index (χ4n) is 1.55. The van der Waals surface area contributed by atoms with E-state index in [1.165, 1.54) is 6.33 Å². The van der Waals surface area contributed by atoms with Crippen molar-refractivity contribution in [2.45, 2.75) is 19.8 Å². The van der Waals surface area contributed by atoms with Crippen molar-refractivity contribution in [2.75, 3.05) is 44.5 Å². The number of nitrogens with one attached hydrogen (secondary N) is 1. The Morgan fingerprint density at radius 2 is 2.11 bits per heavy atom. The summed E-state index contributed by atoms with van der Waals surface area (Å²) >= 11 is 0. The maximum absolute atomic E-state index is 5.79. The third-order valence-electron chi connectivity index (χ3n) is 2.52. The first-order chi connectivity index (χ1) is 8.79. The van der Waals surface area contributed by atoms with Crippen molar-refractivity contribution in [3.63, 3.8) is 0 Å². The van der Waals surface area contributed by atoms with Crippen molar-refractivity contribution in [3.8, 4) is 0 Å². The average molecular weight is 254 g/mol. The molecule has 0 fully saturated rings. The van der Waals surface area contributed by atoms with Crippen LogP contribution in [0.15, 0.2) is 6.33 Å². The summed E-state index contributed by atoms with van der Waals surface area (Å²) in [6.45, 7) is 4.82. The van der Waals surface area contributed by atoms with E-state index in [-0.39, 0.29) is 0 Å². The summed E-state index contributed by atoms with van der Waals surface area (Å²) in [6, 6.07) is 0. The fraction of sp³-hybridized carbons (Fsp3) is 0.667. The van der Waals surface area contributed by atoms with Crippen molar-refractivity contribution < 1.29 is 9.47 Å². The molecule has 1 rings (SSSR count). The molecule has 18 heavy (non-hydrogen) atoms. The molecule has 0 spiro atoms. The summed E-state index contributed by atoms with van der Waals surface area (Å²) in [5.41, 5.74) is 6.76. The quantitative estimate of drug-likeness (QED) is 0.642. The minimum absolute atomic E-state index is 0.548. The molecule has 0 bridgehead atoms. The van der Waals surface area contributed by atoms with Crippen LogP contribution in [0, 0.1) is 0 Å². The predicted octanol–water partition coefficient (Wildman–Crippen LogP) is 1.09. The lowest BCUT2D eigenvalue weighted by atomic mass is 10.2. The molecule has 0 aromatic carbocycles. The molecule has 0 saturated heterocycles. The van der Waals surface area contributed by atoms with Crippen molar-refractivity contribution >= 4 is 11.6 Å². The van der Waals surface area contributed by atoms with E-state index in [1.54, 1.807) is 7.11 Å². The number of anilines is 2. The van der Waals surface area contributed by atoms with E-state index in [0.29, 0.717) is 25.6 Å². The average Bonchev–Trinajstić information content (AvgIpc) is 2.38. The molecular formula is C12H22N4O2. The van der Waals surface area contributed by atoms with Gasteiger partial charge in [0.1, 0.15) is 18.0 Å². The molecule has 0 saturated carbocycles. The topological polar surface area (TPSA) is 82.3 Å². The number of hydrogen-bond acceptors (Lipinski definition) is 6. The first-order valence-corrected chi connectivity index (χ1v) is 6.19. The molecule has 0 amide bonds. The molecule has 0 unspecified atom stereocenters. The van der Waals surface area contributed by atoms with Gasteiger partial charge in [-0.15, -0.1) is 0 Å². The lowest BCUT2D eigenvalue weighted by Gasteiger charge is -2.11. The van der Waals surface area contributed by atoms with Crippen LogP contribution in [-0.4, -0.2) is 43.4 Å². The normalized spacial score (nSPS) is 10.6. The Hall–Kier alpha value is -1.40. The van der Waals surface area contributed by atoms with Crippen LogP contribution >= 0.6 is 0 Å². The van der Waals surface area contributed by atoms with Gasteiger partial charge in [-0.2, -0.15) is 0 Å². The van der Waals surface area contributed by atoms with Gasteiger partial charge in [-0.1, -0.05) is 6.92 Å². The molecule has 102 valence electrons. The largest absolute Gasteiger partial charge is 0.383 e. The van der Waals surface area contributed by atoms with Crippen LogP contribution in [0.4, 0.5) is 11.6 Å². The van der Waals surface area contributed by atoms with Gasteiger partial charge in [0.05, 0.1) is 13.2 Å². The van der Waals surface area contributed by atoms with Crippen LogP contribution in [-0.2, 0) is 15.9 Å². The van der Waals surface area contributed by atoms with E-state index in [1.807, 2.05) is 6.92 Å². The van der Waals surface area contributed by atoms with Gasteiger partial charge >= 0.3 is 0 Å². The zero-order valence-corrected chi connectivity index (χ0v) is 11.1. The number of nitrogens with two attached hydrogens (primary N) is 1. The molecule has 1 aromatic rings. The Morgan fingerprint density at radius 3 is 2.83 bits per heavy atom. The van der Waals surface area contributed by atoms with Crippen LogP contribution < -0.4 is 11.1 Å². The summed E-state index contributed by atoms with van der Waals surface area (Å²) in [5, 5.41) is 3.25. The van der Waals surface area contributed by atoms with Gasteiger partial charge < -0.3 is 20.5 Å². The lowest BCUT2D eigenvalue weighted by molar-refractivity contribution is 0.0705. The number of ether oxygens (including phenoxy) is 2. The molecule has 0 aliphatic heterocycles. The fourth-order valence-corrected chi connectivity index (χ4v) is 1.55. The van der Waals surface area contributed by atoms with Gasteiger partial charge in [0, 0.05) is 25.8 Å². The zero-order chi connectivity index (χ0) is 13.2. The van der Waals surface area contributed by atoms with Gasteiger partial charge in [0.25, 0.3) is 0 Å². The predicted molar refractivity (Wildman–Crippen MR) is 71.6 cm³/mol. The third-order valence-corrected chi connectivity index (χ3v) is 2.52. The SMILES string of the molecule is CCc1c(N)ncnc1NCCCOCCOC. The van der Waals surface area contributed by atoms with Crippen LogP contribution in [0.5, 0.6) is 0 Å². The Labute approximate surface area is 108 Å². The Morgan fingerprint density at radius 1 is 1.28 bits per heavy atom. The van der Waals surface area contributed by atoms with Crippen molar-refractivity contribution in [2.24, 2.45) is 0 Å². The van der Waals surface area contributed by atoms with Crippen LogP contribution in [0.25, 0.3) is 0 Å². The maximum Gasteiger partial charge on any atom is 0.134 e. The summed E-state index contributed by atoms with van der Waals surface area (Å²) in [5.74, 6) is 1.37. The Bertz CT molecular complexity index is 347. The summed E-state index contributed by atoms with van der Waals surface area (Å²) in [7, 11) is 1.66. The standard InChI is InChI=1S/C12H22N4O2/c1-3-10-11(13)15-9-16-12(10)14-5-4-6-18-8-7-17-2/h9H,3-8H2,1-2H3,(H3,13,14,15,16). The second-order valence-electron chi connectivity index (χ2n) is 3.83. The molecule has 6 nitrogen and oxygen atoms in total. The smallest absolute Gasteiger partial charge is 0.134 e. The summed E-state index contributed by atoms with van der Waals surface area (Å²) < 4.78 is 10.3. The van der Waals surface area contributed by atoms with Gasteiger partial charge in [0.15, 0.2) is 0 Å². The van der Waals surface area contributed by atoms with Gasteiger partial charge in [0.2, 0.25) is 0 Å². The maximum atomic E-state index is 5.79. The number of nitrogen functional groups attached to an aromatic ring is 1. The number of rotatable bonds is 9. The van der Waals surface area contributed by atoms with Crippen molar-refractivity contribution in [1.82, 2.24) is 9.97 Å². The third kappa shape index (κ3) is 4.85. The number of methoxy groups -OCH3 is 1. The number of nitrogens with zero attached hydrogens (tertiary/aromatic N) is 2. The van der Waals surface area contributed by atoms with E-state index in [4.69, 9.17) is 15.2 Å². The monoisotopic (exact) mass is 254 g/mol. The van der Waals surface area contributed by atoms with Crippen molar-refractivity contribution in [3.05, 3.63) is 11.9 Å². The lowest BCUT2D eigenvalue weighted by Crippen LogP contribution is -2.11. The molecular weight excluding hydrogens is 232 g/mol. The highest BCUT2D eigenvalue weighted by Crippen LogP contribution is 2.17. The molecule has 0 radical (unpaired) electrons. The van der Waals surface area contributed by atoms with E-state index < -0.39 is 0 Å². The highest BCUT2D eigenvalue weighted by Gasteiger charge is 2.05. The molecule has 1 aromatic heterocycles. The van der Waals surface area contributed by atoms with Gasteiger partial charge in [-0.25, -0.2) is 9.97 Å². The first-order valence-electron chi connectivity index (χ1n) is 6.19. The highest BCUT2D eigenvalue weighted by molar-refractivity contribution is 5.54. The second-order valence-corrected chi connectivity index (χ2v) is 3.83. The van der Waals surface area contributed by atoms with E-state index >= 15 is 0 Å². The molecule has 0 atom stereocenters. The Kier molecular flexibility index (Phi) is 7.05. The zero-order valence-electron chi connectivity index (χ0n) is 11.1. The van der Waals surface area contributed by atoms with E-state index in [2.05, 4.69) is 15.3 Å². The van der Waals surface area contributed by atoms with E-state index in [0.717, 1.165) is 30.8 Å². The minimum atomic E-state index is 0.548. The first kappa shape index (κ1) is 14.7. The van der Waals surface area contributed by atoms with Gasteiger partial charge in [-0.3, -0.25) is 0 Å². The van der Waals surface area contributed by atoms with Crippen LogP contribution in [0.1, 0.15) is 18.9 Å². The van der Waals surface area contributed by atoms with Crippen LogP contribution in [0.2, 0.25) is 0 Å².